The molecular formula is C14H21ClN2O. The lowest BCUT2D eigenvalue weighted by Gasteiger charge is -2.40. The summed E-state index contributed by atoms with van der Waals surface area (Å²) in [6, 6.07) is 8.46. The van der Waals surface area contributed by atoms with Crippen LogP contribution in [0.1, 0.15) is 24.4 Å². The number of nitrogens with two attached hydrogens (primary N) is 1. The number of methoxy groups -OCH3 is 1. The van der Waals surface area contributed by atoms with E-state index in [-0.39, 0.29) is 12.1 Å². The van der Waals surface area contributed by atoms with Crippen LogP contribution >= 0.6 is 11.6 Å². The van der Waals surface area contributed by atoms with E-state index in [1.54, 1.807) is 7.11 Å². The zero-order valence-corrected chi connectivity index (χ0v) is 11.6. The molecule has 1 aliphatic heterocycles. The number of rotatable bonds is 4. The summed E-state index contributed by atoms with van der Waals surface area (Å²) in [4.78, 5) is 2.41. The van der Waals surface area contributed by atoms with Gasteiger partial charge in [0.15, 0.2) is 0 Å². The van der Waals surface area contributed by atoms with Crippen molar-refractivity contribution in [3.05, 3.63) is 34.9 Å². The number of hydrogen-bond acceptors (Lipinski definition) is 3. The molecule has 0 aliphatic carbocycles. The Hall–Kier alpha value is -0.610. The molecule has 2 rings (SSSR count). The van der Waals surface area contributed by atoms with Crippen LogP contribution in [0.4, 0.5) is 0 Å². The van der Waals surface area contributed by atoms with Gasteiger partial charge in [0.2, 0.25) is 0 Å². The molecule has 1 aromatic rings. The normalized spacial score (nSPS) is 25.3. The van der Waals surface area contributed by atoms with Crippen LogP contribution in [0.2, 0.25) is 5.02 Å². The summed E-state index contributed by atoms with van der Waals surface area (Å²) in [5, 5.41) is 0.775. The molecule has 1 fully saturated rings. The van der Waals surface area contributed by atoms with Crippen molar-refractivity contribution in [1.29, 1.82) is 0 Å². The van der Waals surface area contributed by atoms with Gasteiger partial charge in [-0.25, -0.2) is 0 Å². The summed E-state index contributed by atoms with van der Waals surface area (Å²) in [5.41, 5.74) is 7.51. The van der Waals surface area contributed by atoms with Gasteiger partial charge in [0.25, 0.3) is 0 Å². The number of likely N-dealkylation sites (tertiary alicyclic amines) is 1. The zero-order chi connectivity index (χ0) is 13.0. The minimum atomic E-state index is 0.175. The van der Waals surface area contributed by atoms with Gasteiger partial charge in [0.05, 0.1) is 12.6 Å². The molecule has 1 heterocycles. The first kappa shape index (κ1) is 13.8. The summed E-state index contributed by atoms with van der Waals surface area (Å²) in [6.07, 6.45) is 2.22. The molecule has 4 heteroatoms. The van der Waals surface area contributed by atoms with E-state index in [9.17, 15) is 0 Å². The van der Waals surface area contributed by atoms with Crippen molar-refractivity contribution >= 4 is 11.6 Å². The average molecular weight is 269 g/mol. The third kappa shape index (κ3) is 3.23. The molecule has 18 heavy (non-hydrogen) atoms. The first-order valence-corrected chi connectivity index (χ1v) is 6.84. The zero-order valence-electron chi connectivity index (χ0n) is 10.8. The number of benzene rings is 1. The Kier molecular flexibility index (Phi) is 5.01. The first-order valence-electron chi connectivity index (χ1n) is 6.46. The second-order valence-electron chi connectivity index (χ2n) is 4.83. The van der Waals surface area contributed by atoms with Crippen LogP contribution in [-0.2, 0) is 4.74 Å². The van der Waals surface area contributed by atoms with Crippen molar-refractivity contribution in [3.8, 4) is 0 Å². The molecule has 1 aliphatic rings. The number of nitrogens with zero attached hydrogens (tertiary/aromatic N) is 1. The highest BCUT2D eigenvalue weighted by Gasteiger charge is 2.29. The molecule has 0 bridgehead atoms. The van der Waals surface area contributed by atoms with Crippen molar-refractivity contribution < 1.29 is 4.74 Å². The number of hydrogen-bond donors (Lipinski definition) is 1. The third-order valence-corrected chi connectivity index (χ3v) is 3.79. The minimum absolute atomic E-state index is 0.175. The fraction of sp³-hybridized carbons (Fsp3) is 0.571. The predicted octanol–water partition coefficient (Wildman–Crippen LogP) is 2.45. The van der Waals surface area contributed by atoms with Crippen LogP contribution < -0.4 is 5.73 Å². The monoisotopic (exact) mass is 268 g/mol. The number of ether oxygens (including phenoxy) is 1. The molecule has 0 amide bonds. The fourth-order valence-corrected chi connectivity index (χ4v) is 2.90. The smallest absolute Gasteiger partial charge is 0.0589 e. The van der Waals surface area contributed by atoms with Gasteiger partial charge in [0.1, 0.15) is 0 Å². The molecule has 0 radical (unpaired) electrons. The maximum Gasteiger partial charge on any atom is 0.0589 e. The molecular weight excluding hydrogens is 248 g/mol. The highest BCUT2D eigenvalue weighted by molar-refractivity contribution is 6.30. The van der Waals surface area contributed by atoms with E-state index in [4.69, 9.17) is 22.1 Å². The van der Waals surface area contributed by atoms with E-state index in [0.29, 0.717) is 0 Å². The molecule has 2 atom stereocenters. The number of halogens is 1. The average Bonchev–Trinajstić information content (AvgIpc) is 2.36. The van der Waals surface area contributed by atoms with Crippen molar-refractivity contribution in [2.24, 2.45) is 5.73 Å². The first-order chi connectivity index (χ1) is 8.72. The third-order valence-electron chi connectivity index (χ3n) is 3.55. The Morgan fingerprint density at radius 2 is 2.33 bits per heavy atom. The Labute approximate surface area is 114 Å². The van der Waals surface area contributed by atoms with Crippen molar-refractivity contribution in [2.75, 3.05) is 26.8 Å². The van der Waals surface area contributed by atoms with Gasteiger partial charge < -0.3 is 10.5 Å². The topological polar surface area (TPSA) is 38.5 Å². The second kappa shape index (κ2) is 6.53. The Morgan fingerprint density at radius 1 is 1.50 bits per heavy atom. The van der Waals surface area contributed by atoms with Crippen molar-refractivity contribution in [2.45, 2.75) is 24.9 Å². The van der Waals surface area contributed by atoms with Crippen LogP contribution in [0, 0.1) is 0 Å². The van der Waals surface area contributed by atoms with Crippen LogP contribution in [0.25, 0.3) is 0 Å². The quantitative estimate of drug-likeness (QED) is 0.912. The summed E-state index contributed by atoms with van der Waals surface area (Å²) < 4.78 is 5.18. The lowest BCUT2D eigenvalue weighted by atomic mass is 9.91. The lowest BCUT2D eigenvalue weighted by molar-refractivity contribution is 0.0848. The van der Waals surface area contributed by atoms with Gasteiger partial charge in [-0.05, 0) is 37.1 Å². The van der Waals surface area contributed by atoms with Gasteiger partial charge >= 0.3 is 0 Å². The minimum Gasteiger partial charge on any atom is -0.383 e. The second-order valence-corrected chi connectivity index (χ2v) is 5.27. The lowest BCUT2D eigenvalue weighted by Crippen LogP contribution is -2.46. The van der Waals surface area contributed by atoms with Crippen LogP contribution in [0.3, 0.4) is 0 Å². The molecule has 3 nitrogen and oxygen atoms in total. The van der Waals surface area contributed by atoms with Crippen LogP contribution in [0.5, 0.6) is 0 Å². The largest absolute Gasteiger partial charge is 0.383 e. The fourth-order valence-electron chi connectivity index (χ4n) is 2.71. The Morgan fingerprint density at radius 3 is 3.06 bits per heavy atom. The van der Waals surface area contributed by atoms with Crippen molar-refractivity contribution in [3.63, 3.8) is 0 Å². The van der Waals surface area contributed by atoms with Gasteiger partial charge in [-0.2, -0.15) is 0 Å². The van der Waals surface area contributed by atoms with E-state index >= 15 is 0 Å². The van der Waals surface area contributed by atoms with Gasteiger partial charge in [-0.3, -0.25) is 4.90 Å². The Balaban J connectivity index is 2.18. The molecule has 0 aromatic heterocycles. The predicted molar refractivity (Wildman–Crippen MR) is 74.9 cm³/mol. The van der Waals surface area contributed by atoms with E-state index in [0.717, 1.165) is 37.6 Å². The van der Waals surface area contributed by atoms with Gasteiger partial charge in [-0.15, -0.1) is 0 Å². The van der Waals surface area contributed by atoms with Gasteiger partial charge in [0, 0.05) is 24.7 Å². The van der Waals surface area contributed by atoms with E-state index in [2.05, 4.69) is 11.0 Å². The summed E-state index contributed by atoms with van der Waals surface area (Å²) in [6.45, 7) is 2.74. The van der Waals surface area contributed by atoms with E-state index in [1.807, 2.05) is 18.2 Å². The summed E-state index contributed by atoms with van der Waals surface area (Å²) in [7, 11) is 1.73. The molecule has 2 unspecified atom stereocenters. The summed E-state index contributed by atoms with van der Waals surface area (Å²) in [5.74, 6) is 0. The molecule has 0 spiro atoms. The maximum absolute atomic E-state index is 6.30. The highest BCUT2D eigenvalue weighted by Crippen LogP contribution is 2.31. The van der Waals surface area contributed by atoms with Crippen LogP contribution in [-0.4, -0.2) is 37.7 Å². The molecule has 100 valence electrons. The molecule has 0 saturated carbocycles. The standard InChI is InChI=1S/C14H21ClN2O/c1-18-9-8-17-7-3-6-13(16)14(17)11-4-2-5-12(15)10-11/h2,4-5,10,13-14H,3,6-9,16H2,1H3. The highest BCUT2D eigenvalue weighted by atomic mass is 35.5. The van der Waals surface area contributed by atoms with E-state index in [1.165, 1.54) is 5.56 Å². The number of piperidine rings is 1. The molecule has 1 aromatic carbocycles. The SMILES string of the molecule is COCCN1CCCC(N)C1c1cccc(Cl)c1. The molecule has 2 N–H and O–H groups in total. The molecule has 1 saturated heterocycles. The maximum atomic E-state index is 6.30. The summed E-state index contributed by atoms with van der Waals surface area (Å²) >= 11 is 6.08. The van der Waals surface area contributed by atoms with E-state index < -0.39 is 0 Å². The van der Waals surface area contributed by atoms with Gasteiger partial charge in [-0.1, -0.05) is 23.7 Å². The van der Waals surface area contributed by atoms with Crippen LogP contribution in [0.15, 0.2) is 24.3 Å². The Bertz CT molecular complexity index is 386. The van der Waals surface area contributed by atoms with Crippen molar-refractivity contribution in [1.82, 2.24) is 4.90 Å².